The number of amides is 1. The van der Waals surface area contributed by atoms with Crippen molar-refractivity contribution in [2.24, 2.45) is 0 Å². The molecule has 1 aliphatic rings. The van der Waals surface area contributed by atoms with E-state index >= 15 is 0 Å². The Morgan fingerprint density at radius 2 is 2.32 bits per heavy atom. The molecule has 1 aliphatic heterocycles. The van der Waals surface area contributed by atoms with Gasteiger partial charge in [0, 0.05) is 38.8 Å². The second kappa shape index (κ2) is 6.92. The number of rotatable bonds is 7. The Hall–Kier alpha value is -1.85. The number of nitrogens with one attached hydrogen (secondary N) is 2. The fraction of sp³-hybridized carbons (Fsp3) is 0.615. The molecule has 6 nitrogen and oxygen atoms in total. The lowest BCUT2D eigenvalue weighted by Crippen LogP contribution is -2.27. The summed E-state index contributed by atoms with van der Waals surface area (Å²) >= 11 is 0. The molecular weight excluding hydrogens is 242 g/mol. The number of hydrogen-bond acceptors (Lipinski definition) is 5. The van der Waals surface area contributed by atoms with E-state index in [0.717, 1.165) is 44.8 Å². The third-order valence-electron chi connectivity index (χ3n) is 3.07. The van der Waals surface area contributed by atoms with Crippen LogP contribution in [0.25, 0.3) is 0 Å². The van der Waals surface area contributed by atoms with Crippen LogP contribution in [0.1, 0.15) is 26.2 Å². The van der Waals surface area contributed by atoms with Crippen LogP contribution in [0, 0.1) is 0 Å². The summed E-state index contributed by atoms with van der Waals surface area (Å²) in [6.07, 6.45) is 4.39. The van der Waals surface area contributed by atoms with E-state index in [1.54, 1.807) is 6.20 Å². The zero-order valence-electron chi connectivity index (χ0n) is 11.4. The highest BCUT2D eigenvalue weighted by Gasteiger charge is 2.18. The van der Waals surface area contributed by atoms with Crippen molar-refractivity contribution >= 4 is 17.7 Å². The molecule has 2 heterocycles. The Kier molecular flexibility index (Phi) is 4.94. The minimum absolute atomic E-state index is 0.288. The predicted molar refractivity (Wildman–Crippen MR) is 75.1 cm³/mol. The van der Waals surface area contributed by atoms with E-state index in [9.17, 15) is 4.79 Å². The van der Waals surface area contributed by atoms with Gasteiger partial charge in [-0.2, -0.15) is 4.98 Å². The van der Waals surface area contributed by atoms with Gasteiger partial charge in [-0.3, -0.25) is 4.79 Å². The fourth-order valence-electron chi connectivity index (χ4n) is 2.13. The summed E-state index contributed by atoms with van der Waals surface area (Å²) in [5.41, 5.74) is 0. The van der Waals surface area contributed by atoms with E-state index in [1.807, 2.05) is 17.9 Å². The first-order chi connectivity index (χ1) is 9.29. The average Bonchev–Trinajstić information content (AvgIpc) is 2.81. The minimum Gasteiger partial charge on any atom is -0.370 e. The van der Waals surface area contributed by atoms with Crippen molar-refractivity contribution in [2.45, 2.75) is 26.2 Å². The van der Waals surface area contributed by atoms with Gasteiger partial charge >= 0.3 is 0 Å². The lowest BCUT2D eigenvalue weighted by atomic mass is 10.4. The van der Waals surface area contributed by atoms with Crippen LogP contribution >= 0.6 is 0 Å². The zero-order valence-corrected chi connectivity index (χ0v) is 11.4. The minimum atomic E-state index is 0.288. The Morgan fingerprint density at radius 1 is 1.42 bits per heavy atom. The molecule has 19 heavy (non-hydrogen) atoms. The highest BCUT2D eigenvalue weighted by molar-refractivity contribution is 5.77. The first-order valence-corrected chi connectivity index (χ1v) is 6.88. The van der Waals surface area contributed by atoms with Gasteiger partial charge in [-0.05, 0) is 25.8 Å². The largest absolute Gasteiger partial charge is 0.370 e. The molecule has 0 aromatic carbocycles. The molecule has 0 bridgehead atoms. The van der Waals surface area contributed by atoms with Crippen LogP contribution in [0.15, 0.2) is 12.3 Å². The number of carbonyl (C=O) groups is 1. The maximum absolute atomic E-state index is 11.4. The molecule has 0 unspecified atom stereocenters. The van der Waals surface area contributed by atoms with Gasteiger partial charge in [-0.15, -0.1) is 0 Å². The second-order valence-electron chi connectivity index (χ2n) is 4.56. The van der Waals surface area contributed by atoms with Crippen LogP contribution < -0.4 is 10.6 Å². The van der Waals surface area contributed by atoms with Crippen LogP contribution in [0.3, 0.4) is 0 Å². The molecule has 0 radical (unpaired) electrons. The van der Waals surface area contributed by atoms with Crippen LogP contribution in [-0.4, -0.2) is 47.0 Å². The summed E-state index contributed by atoms with van der Waals surface area (Å²) < 4.78 is 0. The SMILES string of the molecule is CCNc1nccc(NCCCN2CCCC2=O)n1. The lowest BCUT2D eigenvalue weighted by molar-refractivity contribution is -0.127. The summed E-state index contributed by atoms with van der Waals surface area (Å²) in [5, 5.41) is 6.33. The summed E-state index contributed by atoms with van der Waals surface area (Å²) in [6.45, 7) is 5.37. The third-order valence-corrected chi connectivity index (χ3v) is 3.07. The summed E-state index contributed by atoms with van der Waals surface area (Å²) in [7, 11) is 0. The molecule has 2 rings (SSSR count). The molecule has 2 N–H and O–H groups in total. The van der Waals surface area contributed by atoms with E-state index in [4.69, 9.17) is 0 Å². The predicted octanol–water partition coefficient (Wildman–Crippen LogP) is 1.33. The maximum atomic E-state index is 11.4. The van der Waals surface area contributed by atoms with Crippen molar-refractivity contribution in [3.05, 3.63) is 12.3 Å². The van der Waals surface area contributed by atoms with Crippen LogP contribution in [-0.2, 0) is 4.79 Å². The van der Waals surface area contributed by atoms with E-state index < -0.39 is 0 Å². The molecule has 1 aromatic heterocycles. The molecule has 0 aliphatic carbocycles. The summed E-state index contributed by atoms with van der Waals surface area (Å²) in [4.78, 5) is 21.8. The number of nitrogens with zero attached hydrogens (tertiary/aromatic N) is 3. The van der Waals surface area contributed by atoms with Gasteiger partial charge in [0.25, 0.3) is 0 Å². The van der Waals surface area contributed by atoms with Crippen molar-refractivity contribution in [1.82, 2.24) is 14.9 Å². The Bertz CT molecular complexity index is 423. The number of aromatic nitrogens is 2. The van der Waals surface area contributed by atoms with E-state index in [2.05, 4.69) is 20.6 Å². The van der Waals surface area contributed by atoms with Crippen LogP contribution in [0.5, 0.6) is 0 Å². The molecular formula is C13H21N5O. The van der Waals surface area contributed by atoms with Crippen LogP contribution in [0.4, 0.5) is 11.8 Å². The van der Waals surface area contributed by atoms with Gasteiger partial charge in [0.2, 0.25) is 11.9 Å². The topological polar surface area (TPSA) is 70.2 Å². The van der Waals surface area contributed by atoms with Crippen LogP contribution in [0.2, 0.25) is 0 Å². The van der Waals surface area contributed by atoms with Crippen molar-refractivity contribution in [2.75, 3.05) is 36.8 Å². The smallest absolute Gasteiger partial charge is 0.224 e. The quantitative estimate of drug-likeness (QED) is 0.726. The van der Waals surface area contributed by atoms with Gasteiger partial charge in [-0.25, -0.2) is 4.98 Å². The molecule has 0 spiro atoms. The Morgan fingerprint density at radius 3 is 3.05 bits per heavy atom. The molecule has 6 heteroatoms. The zero-order chi connectivity index (χ0) is 13.5. The number of carbonyl (C=O) groups excluding carboxylic acids is 1. The molecule has 1 saturated heterocycles. The van der Waals surface area contributed by atoms with Gasteiger partial charge in [0.1, 0.15) is 5.82 Å². The van der Waals surface area contributed by atoms with Gasteiger partial charge in [0.05, 0.1) is 0 Å². The number of anilines is 2. The Balaban J connectivity index is 1.70. The van der Waals surface area contributed by atoms with Crippen molar-refractivity contribution in [3.8, 4) is 0 Å². The lowest BCUT2D eigenvalue weighted by Gasteiger charge is -2.15. The second-order valence-corrected chi connectivity index (χ2v) is 4.56. The molecule has 104 valence electrons. The standard InChI is InChI=1S/C13H21N5O/c1-2-14-13-16-8-6-11(17-13)15-7-4-10-18-9-3-5-12(18)19/h6,8H,2-5,7,9-10H2,1H3,(H2,14,15,16,17). The van der Waals surface area contributed by atoms with E-state index in [0.29, 0.717) is 12.4 Å². The third kappa shape index (κ3) is 4.08. The molecule has 1 amide bonds. The highest BCUT2D eigenvalue weighted by atomic mass is 16.2. The molecule has 0 saturated carbocycles. The average molecular weight is 263 g/mol. The summed E-state index contributed by atoms with van der Waals surface area (Å²) in [5.74, 6) is 1.75. The van der Waals surface area contributed by atoms with Crippen molar-refractivity contribution < 1.29 is 4.79 Å². The number of hydrogen-bond donors (Lipinski definition) is 2. The van der Waals surface area contributed by atoms with E-state index in [-0.39, 0.29) is 5.91 Å². The van der Waals surface area contributed by atoms with Crippen molar-refractivity contribution in [3.63, 3.8) is 0 Å². The maximum Gasteiger partial charge on any atom is 0.224 e. The molecule has 0 atom stereocenters. The van der Waals surface area contributed by atoms with Gasteiger partial charge in [-0.1, -0.05) is 0 Å². The molecule has 1 aromatic rings. The first kappa shape index (κ1) is 13.6. The van der Waals surface area contributed by atoms with E-state index in [1.165, 1.54) is 0 Å². The van der Waals surface area contributed by atoms with Gasteiger partial charge < -0.3 is 15.5 Å². The Labute approximate surface area is 113 Å². The number of likely N-dealkylation sites (tertiary alicyclic amines) is 1. The molecule has 1 fully saturated rings. The summed E-state index contributed by atoms with van der Waals surface area (Å²) in [6, 6.07) is 1.85. The van der Waals surface area contributed by atoms with Crippen molar-refractivity contribution in [1.29, 1.82) is 0 Å². The van der Waals surface area contributed by atoms with Gasteiger partial charge in [0.15, 0.2) is 0 Å². The monoisotopic (exact) mass is 263 g/mol. The highest BCUT2D eigenvalue weighted by Crippen LogP contribution is 2.10. The normalized spacial score (nSPS) is 14.8. The fourth-order valence-corrected chi connectivity index (χ4v) is 2.13. The first-order valence-electron chi connectivity index (χ1n) is 6.88.